The summed E-state index contributed by atoms with van der Waals surface area (Å²) < 4.78 is 5.52. The van der Waals surface area contributed by atoms with Crippen molar-refractivity contribution in [3.63, 3.8) is 0 Å². The van der Waals surface area contributed by atoms with Crippen LogP contribution in [0.1, 0.15) is 37.7 Å². The van der Waals surface area contributed by atoms with Gasteiger partial charge in [-0.3, -0.25) is 14.6 Å². The topological polar surface area (TPSA) is 36.0 Å². The Morgan fingerprint density at radius 2 is 1.75 bits per heavy atom. The van der Waals surface area contributed by atoms with Crippen molar-refractivity contribution in [3.05, 3.63) is 35.9 Å². The molecule has 28 heavy (non-hydrogen) atoms. The van der Waals surface area contributed by atoms with Gasteiger partial charge in [-0.1, -0.05) is 30.3 Å². The van der Waals surface area contributed by atoms with Gasteiger partial charge < -0.3 is 9.64 Å². The molecule has 3 aliphatic rings. The third-order valence-corrected chi connectivity index (χ3v) is 6.66. The molecule has 1 atom stereocenters. The number of rotatable bonds is 4. The number of likely N-dealkylation sites (tertiary alicyclic amines) is 2. The molecule has 3 heterocycles. The summed E-state index contributed by atoms with van der Waals surface area (Å²) in [4.78, 5) is 20.3. The minimum Gasteiger partial charge on any atom is -0.380 e. The van der Waals surface area contributed by atoms with Gasteiger partial charge in [-0.25, -0.2) is 0 Å². The average molecular weight is 386 g/mol. The van der Waals surface area contributed by atoms with Crippen LogP contribution in [-0.2, 0) is 16.1 Å². The van der Waals surface area contributed by atoms with Gasteiger partial charge in [0, 0.05) is 38.8 Å². The molecule has 154 valence electrons. The van der Waals surface area contributed by atoms with E-state index in [0.29, 0.717) is 18.6 Å². The summed E-state index contributed by atoms with van der Waals surface area (Å²) >= 11 is 0. The Hall–Kier alpha value is -1.43. The molecule has 1 aromatic carbocycles. The number of hydrogen-bond donors (Lipinski definition) is 0. The lowest BCUT2D eigenvalue weighted by Crippen LogP contribution is -2.51. The first-order valence-corrected chi connectivity index (χ1v) is 11.2. The minimum atomic E-state index is 0.189. The lowest BCUT2D eigenvalue weighted by atomic mass is 9.92. The Labute approximate surface area is 169 Å². The van der Waals surface area contributed by atoms with E-state index < -0.39 is 0 Å². The lowest BCUT2D eigenvalue weighted by Gasteiger charge is -2.42. The van der Waals surface area contributed by atoms with Gasteiger partial charge in [-0.2, -0.15) is 0 Å². The van der Waals surface area contributed by atoms with Gasteiger partial charge in [0.1, 0.15) is 0 Å². The first-order valence-electron chi connectivity index (χ1n) is 11.2. The molecule has 3 fully saturated rings. The monoisotopic (exact) mass is 385 g/mol. The fraction of sp³-hybridized carbons (Fsp3) is 0.696. The first kappa shape index (κ1) is 19.9. The van der Waals surface area contributed by atoms with E-state index in [0.717, 1.165) is 71.7 Å². The van der Waals surface area contributed by atoms with E-state index >= 15 is 0 Å². The van der Waals surface area contributed by atoms with Gasteiger partial charge in [-0.15, -0.1) is 0 Å². The standard InChI is InChI=1S/C23H35N3O2/c27-23(25-12-5-16-28-17-15-25)21-8-4-11-26(19-21)22-9-13-24(14-10-22)18-20-6-2-1-3-7-20/h1-3,6-7,21-22H,4-5,8-19H2/t21-/m1/s1. The summed E-state index contributed by atoms with van der Waals surface area (Å²) in [5, 5.41) is 0. The molecule has 0 N–H and O–H groups in total. The van der Waals surface area contributed by atoms with E-state index in [2.05, 4.69) is 45.0 Å². The summed E-state index contributed by atoms with van der Waals surface area (Å²) in [6.07, 6.45) is 5.64. The molecular formula is C23H35N3O2. The molecule has 0 bridgehead atoms. The van der Waals surface area contributed by atoms with Crippen molar-refractivity contribution in [2.24, 2.45) is 5.92 Å². The Balaban J connectivity index is 1.26. The summed E-state index contributed by atoms with van der Waals surface area (Å²) in [5.74, 6) is 0.561. The first-order chi connectivity index (χ1) is 13.8. The minimum absolute atomic E-state index is 0.189. The molecule has 5 nitrogen and oxygen atoms in total. The maximum Gasteiger partial charge on any atom is 0.227 e. The number of carbonyl (C=O) groups is 1. The largest absolute Gasteiger partial charge is 0.380 e. The van der Waals surface area contributed by atoms with Crippen molar-refractivity contribution in [3.8, 4) is 0 Å². The maximum absolute atomic E-state index is 13.0. The fourth-order valence-electron chi connectivity index (χ4n) is 5.05. The predicted molar refractivity (Wildman–Crippen MR) is 111 cm³/mol. The van der Waals surface area contributed by atoms with Crippen LogP contribution in [0.4, 0.5) is 0 Å². The average Bonchev–Trinajstić information content (AvgIpc) is 3.04. The molecule has 4 rings (SSSR count). The SMILES string of the molecule is O=C([C@@H]1CCCN(C2CCN(Cc3ccccc3)CC2)C1)N1CCCOCC1. The zero-order valence-corrected chi connectivity index (χ0v) is 17.1. The van der Waals surface area contributed by atoms with Crippen LogP contribution in [0.5, 0.6) is 0 Å². The third kappa shape index (κ3) is 5.13. The van der Waals surface area contributed by atoms with Gasteiger partial charge in [0.25, 0.3) is 0 Å². The molecule has 1 amide bonds. The van der Waals surface area contributed by atoms with Crippen LogP contribution in [0, 0.1) is 5.92 Å². The van der Waals surface area contributed by atoms with Crippen molar-refractivity contribution >= 4 is 5.91 Å². The van der Waals surface area contributed by atoms with E-state index in [1.54, 1.807) is 0 Å². The summed E-state index contributed by atoms with van der Waals surface area (Å²) in [6, 6.07) is 11.4. The van der Waals surface area contributed by atoms with Gasteiger partial charge in [0.2, 0.25) is 5.91 Å². The van der Waals surface area contributed by atoms with E-state index in [1.807, 2.05) is 0 Å². The highest BCUT2D eigenvalue weighted by atomic mass is 16.5. The molecule has 3 saturated heterocycles. The van der Waals surface area contributed by atoms with Crippen molar-refractivity contribution < 1.29 is 9.53 Å². The number of amides is 1. The maximum atomic E-state index is 13.0. The second-order valence-electron chi connectivity index (χ2n) is 8.62. The quantitative estimate of drug-likeness (QED) is 0.798. The molecular weight excluding hydrogens is 350 g/mol. The van der Waals surface area contributed by atoms with Crippen LogP contribution in [0.2, 0.25) is 0 Å². The van der Waals surface area contributed by atoms with Gasteiger partial charge in [-0.05, 0) is 57.3 Å². The number of hydrogen-bond acceptors (Lipinski definition) is 4. The molecule has 5 heteroatoms. The molecule has 0 saturated carbocycles. The van der Waals surface area contributed by atoms with E-state index in [-0.39, 0.29) is 5.92 Å². The molecule has 0 spiro atoms. The Kier molecular flexibility index (Phi) is 7.00. The Morgan fingerprint density at radius 1 is 0.929 bits per heavy atom. The van der Waals surface area contributed by atoms with Crippen LogP contribution in [0.15, 0.2) is 30.3 Å². The number of nitrogens with zero attached hydrogens (tertiary/aromatic N) is 3. The van der Waals surface area contributed by atoms with E-state index in [4.69, 9.17) is 4.74 Å². The second-order valence-corrected chi connectivity index (χ2v) is 8.62. The van der Waals surface area contributed by atoms with E-state index in [1.165, 1.54) is 18.4 Å². The zero-order valence-electron chi connectivity index (χ0n) is 17.1. The summed E-state index contributed by atoms with van der Waals surface area (Å²) in [5.41, 5.74) is 1.41. The lowest BCUT2D eigenvalue weighted by molar-refractivity contribution is -0.137. The smallest absolute Gasteiger partial charge is 0.227 e. The van der Waals surface area contributed by atoms with Crippen LogP contribution >= 0.6 is 0 Å². The molecule has 0 unspecified atom stereocenters. The highest BCUT2D eigenvalue weighted by molar-refractivity contribution is 5.79. The molecule has 0 aliphatic carbocycles. The number of carbonyl (C=O) groups excluding carboxylic acids is 1. The third-order valence-electron chi connectivity index (χ3n) is 6.66. The van der Waals surface area contributed by atoms with Gasteiger partial charge in [0.05, 0.1) is 12.5 Å². The van der Waals surface area contributed by atoms with E-state index in [9.17, 15) is 4.79 Å². The van der Waals surface area contributed by atoms with Crippen molar-refractivity contribution in [2.75, 3.05) is 52.5 Å². The van der Waals surface area contributed by atoms with Gasteiger partial charge >= 0.3 is 0 Å². The highest BCUT2D eigenvalue weighted by Crippen LogP contribution is 2.26. The summed E-state index contributed by atoms with van der Waals surface area (Å²) in [6.45, 7) is 8.64. The van der Waals surface area contributed by atoms with Crippen LogP contribution in [0.25, 0.3) is 0 Å². The van der Waals surface area contributed by atoms with Crippen molar-refractivity contribution in [1.82, 2.24) is 14.7 Å². The second kappa shape index (κ2) is 9.86. The molecule has 0 aromatic heterocycles. The Bertz CT molecular complexity index is 608. The van der Waals surface area contributed by atoms with Crippen molar-refractivity contribution in [2.45, 2.75) is 44.7 Å². The zero-order chi connectivity index (χ0) is 19.2. The van der Waals surface area contributed by atoms with Crippen LogP contribution in [0.3, 0.4) is 0 Å². The van der Waals surface area contributed by atoms with Crippen LogP contribution < -0.4 is 0 Å². The van der Waals surface area contributed by atoms with Crippen LogP contribution in [-0.4, -0.2) is 79.1 Å². The number of ether oxygens (including phenoxy) is 1. The number of benzene rings is 1. The highest BCUT2D eigenvalue weighted by Gasteiger charge is 2.33. The molecule has 3 aliphatic heterocycles. The fourth-order valence-corrected chi connectivity index (χ4v) is 5.05. The molecule has 0 radical (unpaired) electrons. The van der Waals surface area contributed by atoms with Gasteiger partial charge in [0.15, 0.2) is 0 Å². The van der Waals surface area contributed by atoms with Crippen molar-refractivity contribution in [1.29, 1.82) is 0 Å². The normalized spacial score (nSPS) is 26.1. The Morgan fingerprint density at radius 3 is 2.57 bits per heavy atom. The number of piperidine rings is 2. The molecule has 1 aromatic rings. The predicted octanol–water partition coefficient (Wildman–Crippen LogP) is 2.61. The summed E-state index contributed by atoms with van der Waals surface area (Å²) in [7, 11) is 0.